The number of nitrogens with two attached hydrogens (primary N) is 1. The third-order valence-electron chi connectivity index (χ3n) is 3.87. The molecule has 0 amide bonds. The Labute approximate surface area is 103 Å². The number of hydrogen-bond donors (Lipinski definition) is 1. The summed E-state index contributed by atoms with van der Waals surface area (Å²) in [7, 11) is -3.24. The molecular weight excluding hydrogens is 240 g/mol. The second-order valence-electron chi connectivity index (χ2n) is 5.08. The fourth-order valence-electron chi connectivity index (χ4n) is 2.63. The maximum Gasteiger partial charge on any atom is 0.218 e. The molecule has 17 heavy (non-hydrogen) atoms. The smallest absolute Gasteiger partial charge is 0.218 e. The van der Waals surface area contributed by atoms with E-state index in [-0.39, 0.29) is 17.3 Å². The summed E-state index contributed by atoms with van der Waals surface area (Å²) >= 11 is 0. The zero-order chi connectivity index (χ0) is 12.5. The molecule has 100 valence electrons. The van der Waals surface area contributed by atoms with Crippen molar-refractivity contribution in [3.8, 4) is 0 Å². The van der Waals surface area contributed by atoms with Crippen LogP contribution in [0, 0.1) is 5.92 Å². The van der Waals surface area contributed by atoms with Crippen LogP contribution in [0.15, 0.2) is 0 Å². The highest BCUT2D eigenvalue weighted by Gasteiger charge is 2.39. The van der Waals surface area contributed by atoms with Gasteiger partial charge in [-0.1, -0.05) is 6.92 Å². The lowest BCUT2D eigenvalue weighted by Crippen LogP contribution is -2.55. The molecule has 0 aromatic heterocycles. The molecule has 2 N–H and O–H groups in total. The van der Waals surface area contributed by atoms with Crippen molar-refractivity contribution in [1.82, 2.24) is 4.31 Å². The van der Waals surface area contributed by atoms with Crippen LogP contribution in [0.2, 0.25) is 0 Å². The number of hydrogen-bond acceptors (Lipinski definition) is 4. The lowest BCUT2D eigenvalue weighted by atomic mass is 9.99. The van der Waals surface area contributed by atoms with Gasteiger partial charge in [0.25, 0.3) is 0 Å². The van der Waals surface area contributed by atoms with Gasteiger partial charge in [-0.15, -0.1) is 0 Å². The summed E-state index contributed by atoms with van der Waals surface area (Å²) in [6.45, 7) is 3.69. The molecule has 5 nitrogen and oxygen atoms in total. The summed E-state index contributed by atoms with van der Waals surface area (Å²) in [5.41, 5.74) is 6.03. The minimum atomic E-state index is -3.24. The quantitative estimate of drug-likeness (QED) is 0.787. The van der Waals surface area contributed by atoms with Crippen LogP contribution in [0.5, 0.6) is 0 Å². The first-order valence-corrected chi connectivity index (χ1v) is 7.88. The molecule has 0 spiro atoms. The Bertz CT molecular complexity index is 352. The van der Waals surface area contributed by atoms with E-state index in [1.807, 2.05) is 6.92 Å². The first-order chi connectivity index (χ1) is 8.03. The topological polar surface area (TPSA) is 72.6 Å². The largest absolute Gasteiger partial charge is 0.381 e. The predicted octanol–water partition coefficient (Wildman–Crippen LogP) is 0.512. The fourth-order valence-corrected chi connectivity index (χ4v) is 4.74. The van der Waals surface area contributed by atoms with Crippen LogP contribution < -0.4 is 5.73 Å². The third kappa shape index (κ3) is 2.65. The van der Waals surface area contributed by atoms with Crippen LogP contribution >= 0.6 is 0 Å². The minimum absolute atomic E-state index is 0.248. The molecule has 0 aromatic carbocycles. The summed E-state index contributed by atoms with van der Waals surface area (Å²) in [6, 6.07) is 0. The van der Waals surface area contributed by atoms with E-state index >= 15 is 0 Å². The number of ether oxygens (including phenoxy) is 1. The van der Waals surface area contributed by atoms with Crippen LogP contribution in [-0.2, 0) is 14.8 Å². The van der Waals surface area contributed by atoms with Crippen molar-refractivity contribution >= 4 is 10.0 Å². The summed E-state index contributed by atoms with van der Waals surface area (Å²) in [4.78, 5) is 0. The van der Waals surface area contributed by atoms with Gasteiger partial charge in [0, 0.05) is 19.8 Å². The normalized spacial score (nSPS) is 33.8. The molecule has 2 unspecified atom stereocenters. The summed E-state index contributed by atoms with van der Waals surface area (Å²) < 4.78 is 31.7. The average molecular weight is 262 g/mol. The molecule has 2 heterocycles. The second kappa shape index (κ2) is 5.22. The van der Waals surface area contributed by atoms with Gasteiger partial charge >= 0.3 is 0 Å². The Hall–Kier alpha value is -0.170. The first-order valence-electron chi connectivity index (χ1n) is 6.37. The number of nitrogens with zero attached hydrogens (tertiary/aromatic N) is 1. The van der Waals surface area contributed by atoms with E-state index in [2.05, 4.69) is 0 Å². The molecule has 0 radical (unpaired) electrons. The Kier molecular flexibility index (Phi) is 4.07. The minimum Gasteiger partial charge on any atom is -0.381 e. The van der Waals surface area contributed by atoms with Crippen LogP contribution in [0.4, 0.5) is 0 Å². The van der Waals surface area contributed by atoms with Gasteiger partial charge in [0.2, 0.25) is 10.0 Å². The van der Waals surface area contributed by atoms with Crippen molar-refractivity contribution in [3.63, 3.8) is 0 Å². The van der Waals surface area contributed by atoms with Gasteiger partial charge in [-0.2, -0.15) is 4.31 Å². The Morgan fingerprint density at radius 3 is 2.53 bits per heavy atom. The van der Waals surface area contributed by atoms with Crippen LogP contribution in [0.3, 0.4) is 0 Å². The first kappa shape index (κ1) is 13.3. The molecule has 2 atom stereocenters. The molecule has 0 aliphatic carbocycles. The standard InChI is InChI=1S/C11H22N2O3S/c1-9-3-2-6-13(11(9)12)17(14,15)10-4-7-16-8-5-10/h9-11H,2-8,12H2,1H3. The zero-order valence-corrected chi connectivity index (χ0v) is 11.2. The monoisotopic (exact) mass is 262 g/mol. The maximum atomic E-state index is 12.5. The van der Waals surface area contributed by atoms with Crippen LogP contribution in [0.1, 0.15) is 32.6 Å². The van der Waals surface area contributed by atoms with Crippen molar-refractivity contribution in [3.05, 3.63) is 0 Å². The van der Waals surface area contributed by atoms with Gasteiger partial charge in [0.15, 0.2) is 0 Å². The van der Waals surface area contributed by atoms with Crippen molar-refractivity contribution < 1.29 is 13.2 Å². The summed E-state index contributed by atoms with van der Waals surface area (Å²) in [6.07, 6.45) is 2.77. The van der Waals surface area contributed by atoms with E-state index < -0.39 is 10.0 Å². The fraction of sp³-hybridized carbons (Fsp3) is 1.00. The molecule has 2 saturated heterocycles. The van der Waals surface area contributed by atoms with Gasteiger partial charge in [0.1, 0.15) is 0 Å². The number of sulfonamides is 1. The van der Waals surface area contributed by atoms with Gasteiger partial charge in [0.05, 0.1) is 11.4 Å². The Balaban J connectivity index is 2.13. The highest BCUT2D eigenvalue weighted by Crippen LogP contribution is 2.27. The highest BCUT2D eigenvalue weighted by atomic mass is 32.2. The summed E-state index contributed by atoms with van der Waals surface area (Å²) in [5.74, 6) is 0.248. The molecule has 0 aromatic rings. The number of piperidine rings is 1. The molecule has 0 bridgehead atoms. The van der Waals surface area contributed by atoms with Crippen LogP contribution in [-0.4, -0.2) is 43.9 Å². The maximum absolute atomic E-state index is 12.5. The van der Waals surface area contributed by atoms with Crippen LogP contribution in [0.25, 0.3) is 0 Å². The van der Waals surface area contributed by atoms with Crippen molar-refractivity contribution in [1.29, 1.82) is 0 Å². The average Bonchev–Trinajstić information content (AvgIpc) is 2.33. The molecule has 2 fully saturated rings. The van der Waals surface area contributed by atoms with E-state index in [1.165, 1.54) is 4.31 Å². The molecule has 2 aliphatic heterocycles. The Morgan fingerprint density at radius 2 is 1.88 bits per heavy atom. The highest BCUT2D eigenvalue weighted by molar-refractivity contribution is 7.89. The van der Waals surface area contributed by atoms with E-state index in [9.17, 15) is 8.42 Å². The van der Waals surface area contributed by atoms with Crippen molar-refractivity contribution in [2.24, 2.45) is 11.7 Å². The number of rotatable bonds is 2. The molecule has 6 heteroatoms. The molecule has 2 aliphatic rings. The van der Waals surface area contributed by atoms with E-state index in [4.69, 9.17) is 10.5 Å². The van der Waals surface area contributed by atoms with Gasteiger partial charge in [-0.25, -0.2) is 8.42 Å². The lowest BCUT2D eigenvalue weighted by molar-refractivity contribution is 0.0954. The lowest BCUT2D eigenvalue weighted by Gasteiger charge is -2.39. The molecule has 0 saturated carbocycles. The van der Waals surface area contributed by atoms with Crippen molar-refractivity contribution in [2.45, 2.75) is 44.0 Å². The predicted molar refractivity (Wildman–Crippen MR) is 65.8 cm³/mol. The molecule has 2 rings (SSSR count). The zero-order valence-electron chi connectivity index (χ0n) is 10.3. The van der Waals surface area contributed by atoms with Gasteiger partial charge in [-0.05, 0) is 31.6 Å². The van der Waals surface area contributed by atoms with E-state index in [0.717, 1.165) is 12.8 Å². The molecular formula is C11H22N2O3S. The second-order valence-corrected chi connectivity index (χ2v) is 7.24. The van der Waals surface area contributed by atoms with Gasteiger partial charge < -0.3 is 10.5 Å². The van der Waals surface area contributed by atoms with Gasteiger partial charge in [-0.3, -0.25) is 0 Å². The van der Waals surface area contributed by atoms with E-state index in [0.29, 0.717) is 32.6 Å². The third-order valence-corrected chi connectivity index (χ3v) is 6.26. The van der Waals surface area contributed by atoms with Crippen molar-refractivity contribution in [2.75, 3.05) is 19.8 Å². The SMILES string of the molecule is CC1CCCN(S(=O)(=O)C2CCOCC2)C1N. The van der Waals surface area contributed by atoms with E-state index in [1.54, 1.807) is 0 Å². The summed E-state index contributed by atoms with van der Waals surface area (Å²) in [5, 5.41) is -0.299. The Morgan fingerprint density at radius 1 is 1.24 bits per heavy atom.